The summed E-state index contributed by atoms with van der Waals surface area (Å²) in [6.45, 7) is 3.58. The van der Waals surface area contributed by atoms with Crippen LogP contribution in [0, 0.1) is 0 Å². The number of thioether (sulfide) groups is 1. The zero-order valence-electron chi connectivity index (χ0n) is 8.21. The van der Waals surface area contributed by atoms with E-state index >= 15 is 0 Å². The first kappa shape index (κ1) is 11.5. The maximum absolute atomic E-state index is 5.56. The first-order chi connectivity index (χ1) is 7.33. The lowest BCUT2D eigenvalue weighted by molar-refractivity contribution is 1.25. The molecule has 0 bridgehead atoms. The highest BCUT2D eigenvalue weighted by Gasteiger charge is 1.88. The van der Waals surface area contributed by atoms with E-state index in [0.717, 1.165) is 11.3 Å². The number of aromatic nitrogens is 1. The molecule has 2 N–H and O–H groups in total. The molecule has 0 unspecified atom stereocenters. The van der Waals surface area contributed by atoms with Gasteiger partial charge in [0.15, 0.2) is 5.17 Å². The van der Waals surface area contributed by atoms with E-state index in [4.69, 9.17) is 5.73 Å². The van der Waals surface area contributed by atoms with Crippen LogP contribution in [0.25, 0.3) is 0 Å². The minimum atomic E-state index is 0.431. The molecule has 4 nitrogen and oxygen atoms in total. The van der Waals surface area contributed by atoms with Gasteiger partial charge in [-0.1, -0.05) is 17.8 Å². The topological polar surface area (TPSA) is 63.6 Å². The van der Waals surface area contributed by atoms with Crippen molar-refractivity contribution in [1.29, 1.82) is 0 Å². The molecule has 0 saturated heterocycles. The smallest absolute Gasteiger partial charge is 0.180 e. The second kappa shape index (κ2) is 6.78. The Kier molecular flexibility index (Phi) is 5.18. The Morgan fingerprint density at radius 2 is 2.27 bits per heavy atom. The van der Waals surface area contributed by atoms with Crippen molar-refractivity contribution in [2.75, 3.05) is 5.75 Å². The molecular formula is C10H12N4S. The Hall–Kier alpha value is -1.62. The van der Waals surface area contributed by atoms with E-state index in [2.05, 4.69) is 21.8 Å². The summed E-state index contributed by atoms with van der Waals surface area (Å²) >= 11 is 1.40. The minimum absolute atomic E-state index is 0.431. The highest BCUT2D eigenvalue weighted by Crippen LogP contribution is 1.99. The van der Waals surface area contributed by atoms with E-state index in [9.17, 15) is 0 Å². The van der Waals surface area contributed by atoms with Crippen LogP contribution in [-0.2, 0) is 0 Å². The maximum Gasteiger partial charge on any atom is 0.180 e. The molecule has 1 aromatic rings. The van der Waals surface area contributed by atoms with Crippen molar-refractivity contribution in [3.05, 3.63) is 42.7 Å². The van der Waals surface area contributed by atoms with Crippen molar-refractivity contribution in [2.24, 2.45) is 15.9 Å². The molecule has 5 heteroatoms. The Morgan fingerprint density at radius 3 is 2.93 bits per heavy atom. The average Bonchev–Trinajstić information content (AvgIpc) is 2.28. The average molecular weight is 220 g/mol. The number of hydrogen-bond donors (Lipinski definition) is 1. The molecule has 1 aromatic heterocycles. The molecule has 0 aliphatic carbocycles. The van der Waals surface area contributed by atoms with E-state index < -0.39 is 0 Å². The van der Waals surface area contributed by atoms with Crippen molar-refractivity contribution < 1.29 is 0 Å². The number of nitrogens with two attached hydrogens (primary N) is 1. The number of amidine groups is 1. The first-order valence-electron chi connectivity index (χ1n) is 4.33. The highest BCUT2D eigenvalue weighted by atomic mass is 32.2. The molecule has 0 amide bonds. The number of hydrogen-bond acceptors (Lipinski definition) is 4. The van der Waals surface area contributed by atoms with Crippen LogP contribution in [0.2, 0.25) is 0 Å². The normalized spacial score (nSPS) is 11.9. The molecule has 0 saturated carbocycles. The van der Waals surface area contributed by atoms with Gasteiger partial charge in [-0.3, -0.25) is 4.98 Å². The Labute approximate surface area is 93.0 Å². The van der Waals surface area contributed by atoms with Crippen molar-refractivity contribution >= 4 is 23.1 Å². The van der Waals surface area contributed by atoms with Crippen LogP contribution in [-0.4, -0.2) is 22.1 Å². The summed E-state index contributed by atoms with van der Waals surface area (Å²) in [6.07, 6.45) is 6.78. The summed E-state index contributed by atoms with van der Waals surface area (Å²) < 4.78 is 0. The minimum Gasteiger partial charge on any atom is -0.377 e. The van der Waals surface area contributed by atoms with E-state index in [-0.39, 0.29) is 0 Å². The van der Waals surface area contributed by atoms with Gasteiger partial charge in [0.2, 0.25) is 0 Å². The highest BCUT2D eigenvalue weighted by molar-refractivity contribution is 8.13. The summed E-state index contributed by atoms with van der Waals surface area (Å²) in [5, 5.41) is 8.10. The standard InChI is InChI=1S/C10H12N4S/c1-2-7-15-10(11)14-13-8-9-3-5-12-6-4-9/h2-6,8H,1,7H2,(H2,11,14)/b13-8+. The molecule has 0 atom stereocenters. The van der Waals surface area contributed by atoms with E-state index in [0.29, 0.717) is 5.17 Å². The van der Waals surface area contributed by atoms with Gasteiger partial charge in [-0.25, -0.2) is 0 Å². The lowest BCUT2D eigenvalue weighted by atomic mass is 10.3. The molecule has 1 rings (SSSR count). The zero-order valence-corrected chi connectivity index (χ0v) is 9.02. The summed E-state index contributed by atoms with van der Waals surface area (Å²) in [5.74, 6) is 0.736. The zero-order chi connectivity index (χ0) is 10.9. The third kappa shape index (κ3) is 4.97. The van der Waals surface area contributed by atoms with Crippen LogP contribution >= 0.6 is 11.8 Å². The molecule has 0 radical (unpaired) electrons. The Bertz CT molecular complexity index is 359. The third-order valence-electron chi connectivity index (χ3n) is 1.42. The van der Waals surface area contributed by atoms with Crippen molar-refractivity contribution in [3.63, 3.8) is 0 Å². The van der Waals surface area contributed by atoms with Gasteiger partial charge >= 0.3 is 0 Å². The fourth-order valence-corrected chi connectivity index (χ4v) is 1.17. The van der Waals surface area contributed by atoms with Gasteiger partial charge in [0.05, 0.1) is 6.21 Å². The van der Waals surface area contributed by atoms with Crippen molar-refractivity contribution in [2.45, 2.75) is 0 Å². The molecule has 0 fully saturated rings. The fourth-order valence-electron chi connectivity index (χ4n) is 0.775. The second-order valence-electron chi connectivity index (χ2n) is 2.56. The van der Waals surface area contributed by atoms with Crippen LogP contribution in [0.15, 0.2) is 47.4 Å². The first-order valence-corrected chi connectivity index (χ1v) is 5.31. The summed E-state index contributed by atoms with van der Waals surface area (Å²) in [4.78, 5) is 3.89. The number of pyridine rings is 1. The predicted molar refractivity (Wildman–Crippen MR) is 66.1 cm³/mol. The van der Waals surface area contributed by atoms with Gasteiger partial charge in [0.1, 0.15) is 0 Å². The van der Waals surface area contributed by atoms with Crippen LogP contribution in [0.4, 0.5) is 0 Å². The Morgan fingerprint density at radius 1 is 1.53 bits per heavy atom. The quantitative estimate of drug-likeness (QED) is 0.363. The number of nitrogens with zero attached hydrogens (tertiary/aromatic N) is 3. The molecule has 0 aliphatic rings. The predicted octanol–water partition coefficient (Wildman–Crippen LogP) is 1.65. The van der Waals surface area contributed by atoms with E-state index in [1.165, 1.54) is 11.8 Å². The summed E-state index contributed by atoms with van der Waals surface area (Å²) in [7, 11) is 0. The van der Waals surface area contributed by atoms with Crippen molar-refractivity contribution in [1.82, 2.24) is 4.98 Å². The number of rotatable bonds is 4. The van der Waals surface area contributed by atoms with Crippen molar-refractivity contribution in [3.8, 4) is 0 Å². The van der Waals surface area contributed by atoms with Gasteiger partial charge < -0.3 is 5.73 Å². The van der Waals surface area contributed by atoms with Gasteiger partial charge in [-0.05, 0) is 17.7 Å². The Balaban J connectivity index is 2.48. The molecule has 0 aliphatic heterocycles. The van der Waals surface area contributed by atoms with Gasteiger partial charge in [0, 0.05) is 18.1 Å². The SMILES string of the molecule is C=CCS/C(N)=N\N=C\c1ccncc1. The largest absolute Gasteiger partial charge is 0.377 e. The van der Waals surface area contributed by atoms with Crippen LogP contribution in [0.5, 0.6) is 0 Å². The monoisotopic (exact) mass is 220 g/mol. The van der Waals surface area contributed by atoms with Crippen LogP contribution < -0.4 is 5.73 Å². The molecule has 1 heterocycles. The molecule has 0 aromatic carbocycles. The second-order valence-corrected chi connectivity index (χ2v) is 3.60. The van der Waals surface area contributed by atoms with Gasteiger partial charge in [0.25, 0.3) is 0 Å². The van der Waals surface area contributed by atoms with Gasteiger partial charge in [-0.2, -0.15) is 5.10 Å². The van der Waals surface area contributed by atoms with E-state index in [1.807, 2.05) is 12.1 Å². The van der Waals surface area contributed by atoms with E-state index in [1.54, 1.807) is 24.7 Å². The molecular weight excluding hydrogens is 208 g/mol. The molecule has 0 spiro atoms. The molecule has 78 valence electrons. The summed E-state index contributed by atoms with van der Waals surface area (Å²) in [6, 6.07) is 3.68. The fraction of sp³-hybridized carbons (Fsp3) is 0.100. The lowest BCUT2D eigenvalue weighted by Crippen LogP contribution is -2.05. The third-order valence-corrected chi connectivity index (χ3v) is 2.20. The van der Waals surface area contributed by atoms with Crippen LogP contribution in [0.1, 0.15) is 5.56 Å². The summed E-state index contributed by atoms with van der Waals surface area (Å²) in [5.41, 5.74) is 6.50. The van der Waals surface area contributed by atoms with Gasteiger partial charge in [-0.15, -0.1) is 11.7 Å². The van der Waals surface area contributed by atoms with Crippen LogP contribution in [0.3, 0.4) is 0 Å². The lowest BCUT2D eigenvalue weighted by Gasteiger charge is -1.92. The maximum atomic E-state index is 5.56. The molecule has 15 heavy (non-hydrogen) atoms.